The molecule has 0 atom stereocenters. The fourth-order valence-corrected chi connectivity index (χ4v) is 25.2. The first-order chi connectivity index (χ1) is 72.4. The first kappa shape index (κ1) is 83.9. The van der Waals surface area contributed by atoms with Crippen molar-refractivity contribution in [2.45, 2.75) is 10.8 Å². The van der Waals surface area contributed by atoms with Crippen molar-refractivity contribution in [3.63, 3.8) is 0 Å². The minimum atomic E-state index is -0.452. The van der Waals surface area contributed by atoms with Gasteiger partial charge in [0.05, 0.1) is 32.9 Å². The van der Waals surface area contributed by atoms with E-state index in [0.717, 1.165) is 45.3 Å². The molecule has 2 spiro atoms. The number of anilines is 6. The first-order valence-electron chi connectivity index (χ1n) is 50.6. The van der Waals surface area contributed by atoms with Gasteiger partial charge >= 0.3 is 0 Å². The molecule has 2 aromatic heterocycles. The number of para-hydroxylation sites is 4. The molecule has 0 radical (unpaired) electrons. The van der Waals surface area contributed by atoms with Crippen molar-refractivity contribution >= 4 is 99.3 Å². The Bertz CT molecular complexity index is 9610. The molecule has 4 heteroatoms. The molecule has 0 bridgehead atoms. The van der Waals surface area contributed by atoms with E-state index in [1.165, 1.54) is 221 Å². The van der Waals surface area contributed by atoms with Crippen LogP contribution in [0.4, 0.5) is 34.1 Å². The molecule has 30 rings (SSSR count). The molecule has 4 nitrogen and oxygen atoms in total. The van der Waals surface area contributed by atoms with Gasteiger partial charge in [-0.2, -0.15) is 0 Å². The van der Waals surface area contributed by atoms with E-state index in [9.17, 15) is 0 Å². The Balaban J connectivity index is 0.000000138. The van der Waals surface area contributed by atoms with Gasteiger partial charge in [0.1, 0.15) is 0 Å². The minimum absolute atomic E-state index is 0.451. The van der Waals surface area contributed by atoms with E-state index in [4.69, 9.17) is 0 Å². The summed E-state index contributed by atoms with van der Waals surface area (Å²) in [5.41, 5.74) is 48.2. The van der Waals surface area contributed by atoms with Crippen LogP contribution in [0.2, 0.25) is 0 Å². The summed E-state index contributed by atoms with van der Waals surface area (Å²) in [4.78, 5) is 4.91. The molecule has 0 unspecified atom stereocenters. The Labute approximate surface area is 848 Å². The van der Waals surface area contributed by atoms with Crippen LogP contribution in [0.1, 0.15) is 44.5 Å². The summed E-state index contributed by atoms with van der Waals surface area (Å²) in [6.45, 7) is 0. The van der Waals surface area contributed by atoms with Gasteiger partial charge < -0.3 is 18.9 Å². The largest absolute Gasteiger partial charge is 0.310 e. The van der Waals surface area contributed by atoms with Crippen molar-refractivity contribution in [2.24, 2.45) is 0 Å². The van der Waals surface area contributed by atoms with Gasteiger partial charge in [-0.25, -0.2) is 0 Å². The maximum Gasteiger partial charge on any atom is 0.0726 e. The Morgan fingerprint density at radius 1 is 0.130 bits per heavy atom. The van der Waals surface area contributed by atoms with E-state index in [1.807, 2.05) is 0 Å². The number of rotatable bonds is 14. The normalized spacial score (nSPS) is 12.8. The summed E-state index contributed by atoms with van der Waals surface area (Å²) in [5, 5.41) is 10.0. The lowest BCUT2D eigenvalue weighted by Gasteiger charge is -2.32. The predicted octanol–water partition coefficient (Wildman–Crippen LogP) is 37.5. The fraction of sp³-hybridized carbons (Fsp3) is 0.0141. The molecule has 0 N–H and O–H groups in total. The number of fused-ring (bicyclic) bond motifs is 28. The van der Waals surface area contributed by atoms with Gasteiger partial charge in [-0.05, 0) is 317 Å². The second kappa shape index (κ2) is 33.9. The molecule has 4 aliphatic carbocycles. The summed E-state index contributed by atoms with van der Waals surface area (Å²) in [6, 6.07) is 207. The van der Waals surface area contributed by atoms with E-state index in [0.29, 0.717) is 0 Å². The van der Waals surface area contributed by atoms with Crippen LogP contribution in [-0.2, 0) is 10.8 Å². The van der Waals surface area contributed by atoms with Crippen LogP contribution >= 0.6 is 0 Å². The number of nitrogens with zero attached hydrogens (tertiary/aromatic N) is 4. The molecule has 0 fully saturated rings. The third-order valence-electron chi connectivity index (χ3n) is 31.6. The van der Waals surface area contributed by atoms with Gasteiger partial charge in [0, 0.05) is 67.0 Å². The Morgan fingerprint density at radius 2 is 0.404 bits per heavy atom. The summed E-state index contributed by atoms with van der Waals surface area (Å²) >= 11 is 0. The molecule has 2 heterocycles. The van der Waals surface area contributed by atoms with Gasteiger partial charge in [-0.15, -0.1) is 0 Å². The van der Waals surface area contributed by atoms with Gasteiger partial charge in [-0.1, -0.05) is 419 Å². The van der Waals surface area contributed by atoms with Gasteiger partial charge in [0.15, 0.2) is 0 Å². The van der Waals surface area contributed by atoms with Crippen molar-refractivity contribution in [3.05, 3.63) is 603 Å². The van der Waals surface area contributed by atoms with Crippen molar-refractivity contribution in [1.82, 2.24) is 9.13 Å². The second-order valence-corrected chi connectivity index (χ2v) is 39.2. The third-order valence-corrected chi connectivity index (χ3v) is 31.6. The molecule has 0 saturated heterocycles. The molecule has 4 aliphatic rings. The van der Waals surface area contributed by atoms with Crippen molar-refractivity contribution in [2.75, 3.05) is 9.80 Å². The predicted molar refractivity (Wildman–Crippen MR) is 611 cm³/mol. The molecule has 0 amide bonds. The van der Waals surface area contributed by atoms with Crippen LogP contribution in [0, 0.1) is 0 Å². The molecule has 0 aliphatic heterocycles. The molecule has 680 valence electrons. The van der Waals surface area contributed by atoms with Crippen LogP contribution in [0.5, 0.6) is 0 Å². The zero-order valence-corrected chi connectivity index (χ0v) is 79.9. The van der Waals surface area contributed by atoms with Gasteiger partial charge in [-0.3, -0.25) is 0 Å². The smallest absolute Gasteiger partial charge is 0.0726 e. The lowest BCUT2D eigenvalue weighted by molar-refractivity contribution is 0.793. The quantitative estimate of drug-likeness (QED) is 0.108. The second-order valence-electron chi connectivity index (χ2n) is 39.2. The highest BCUT2D eigenvalue weighted by atomic mass is 15.1. The van der Waals surface area contributed by atoms with Crippen LogP contribution in [0.15, 0.2) is 558 Å². The molecular weight excluding hydrogens is 1760 g/mol. The highest BCUT2D eigenvalue weighted by Crippen LogP contribution is 2.66. The van der Waals surface area contributed by atoms with Crippen LogP contribution in [0.3, 0.4) is 0 Å². The lowest BCUT2D eigenvalue weighted by atomic mass is 9.70. The zero-order chi connectivity index (χ0) is 96.1. The van der Waals surface area contributed by atoms with Crippen LogP contribution in [-0.4, -0.2) is 9.13 Å². The minimum Gasteiger partial charge on any atom is -0.310 e. The molecular formula is C142H92N4. The number of hydrogen-bond donors (Lipinski definition) is 0. The number of benzene rings is 24. The summed E-state index contributed by atoms with van der Waals surface area (Å²) in [5.74, 6) is 0. The van der Waals surface area contributed by atoms with Crippen LogP contribution in [0.25, 0.3) is 188 Å². The molecule has 24 aromatic carbocycles. The van der Waals surface area contributed by atoms with E-state index in [1.54, 1.807) is 0 Å². The standard InChI is InChI=1S/2C71H46N2/c1-2-19-53(20-3-1)73-69-31-13-9-26-63(69)64-45-52(38-43-70(64)73)48-34-32-47(33-35-48)51-18-14-21-55(44-51)72(54-39-36-50(37-40-54)58-27-15-17-49-16-4-5-22-57(49)58)56-41-42-62-61-25-8-12-30-67(61)71(68(62)46-56)65-28-10-6-23-59(65)60-24-7-11-29-66(60)71;1-2-18-55(19-3-1)73-69-28-13-9-24-63(69)64-45-54(37-42-70(64)73)49-31-29-48(30-32-49)52-17-14-20-57(44-52)72(56-38-35-50(36-39-56)53-34-33-47-15-4-5-16-51(47)43-53)58-40-41-62-61-23-8-12-27-67(61)71(68(62)46-58)65-25-10-6-21-59(65)60-22-7-11-26-66(60)71/h2*1-46H. The average Bonchev–Trinajstić information content (AvgIpc) is 1.51. The summed E-state index contributed by atoms with van der Waals surface area (Å²) < 4.78 is 4.75. The first-order valence-corrected chi connectivity index (χ1v) is 50.6. The topological polar surface area (TPSA) is 16.3 Å². The van der Waals surface area contributed by atoms with E-state index in [-0.39, 0.29) is 0 Å². The molecule has 0 saturated carbocycles. The Kier molecular flexibility index (Phi) is 19.5. The highest BCUT2D eigenvalue weighted by molar-refractivity contribution is 6.13. The maximum absolute atomic E-state index is 2.49. The van der Waals surface area contributed by atoms with Crippen molar-refractivity contribution in [1.29, 1.82) is 0 Å². The fourth-order valence-electron chi connectivity index (χ4n) is 25.2. The van der Waals surface area contributed by atoms with Crippen molar-refractivity contribution in [3.8, 4) is 123 Å². The van der Waals surface area contributed by atoms with Crippen molar-refractivity contribution < 1.29 is 0 Å². The Hall–Kier alpha value is -19.0. The SMILES string of the molecule is c1ccc(-n2c3ccccc3c3cc(-c4ccc(-c5cccc(N(c6ccc(-c7ccc8ccccc8c7)cc6)c6ccc7c(c6)C6(c8ccccc8-c8ccccc86)c6ccccc6-7)c5)cc4)ccc32)cc1.c1ccc(-n2c3ccccc3c3cc(-c4ccc(-c5cccc(N(c6ccc(-c7cccc8ccccc78)cc6)c6ccc7c(c6)C6(c8ccccc8-c8ccccc86)c6ccccc6-7)c5)cc4)ccc32)cc1. The highest BCUT2D eigenvalue weighted by Gasteiger charge is 2.54. The maximum atomic E-state index is 2.49. The molecule has 26 aromatic rings. The third kappa shape index (κ3) is 13.2. The van der Waals surface area contributed by atoms with Gasteiger partial charge in [0.2, 0.25) is 0 Å². The number of aromatic nitrogens is 2. The van der Waals surface area contributed by atoms with Crippen LogP contribution < -0.4 is 9.80 Å². The summed E-state index contributed by atoms with van der Waals surface area (Å²) in [7, 11) is 0. The van der Waals surface area contributed by atoms with Gasteiger partial charge in [0.25, 0.3) is 0 Å². The zero-order valence-electron chi connectivity index (χ0n) is 79.9. The Morgan fingerprint density at radius 3 is 0.822 bits per heavy atom. The van der Waals surface area contributed by atoms with E-state index in [2.05, 4.69) is 577 Å². The average molecular weight is 1850 g/mol. The summed E-state index contributed by atoms with van der Waals surface area (Å²) in [6.07, 6.45) is 0. The number of hydrogen-bond acceptors (Lipinski definition) is 2. The van der Waals surface area contributed by atoms with E-state index < -0.39 is 10.8 Å². The monoisotopic (exact) mass is 1850 g/mol. The molecule has 146 heavy (non-hydrogen) atoms. The van der Waals surface area contributed by atoms with E-state index >= 15 is 0 Å². The lowest BCUT2D eigenvalue weighted by Crippen LogP contribution is -2.26.